The van der Waals surface area contributed by atoms with Crippen LogP contribution in [0.4, 0.5) is 5.69 Å². The first-order valence-electron chi connectivity index (χ1n) is 6.31. The molecule has 21 heavy (non-hydrogen) atoms. The van der Waals surface area contributed by atoms with Crippen molar-refractivity contribution in [3.05, 3.63) is 56.5 Å². The van der Waals surface area contributed by atoms with Gasteiger partial charge in [0.15, 0.2) is 0 Å². The second kappa shape index (κ2) is 6.01. The molecule has 0 spiro atoms. The highest BCUT2D eigenvalue weighted by molar-refractivity contribution is 7.18. The molecule has 0 fully saturated rings. The Bertz CT molecular complexity index is 744. The summed E-state index contributed by atoms with van der Waals surface area (Å²) in [5, 5.41) is 5.81. The average molecular weight is 358 g/mol. The number of nitrogens with zero attached hydrogens (tertiary/aromatic N) is 1. The van der Waals surface area contributed by atoms with Gasteiger partial charge in [-0.15, -0.1) is 11.3 Å². The number of para-hydroxylation sites is 1. The van der Waals surface area contributed by atoms with Crippen LogP contribution in [0, 0.1) is 0 Å². The van der Waals surface area contributed by atoms with Crippen LogP contribution in [0.1, 0.15) is 18.0 Å². The van der Waals surface area contributed by atoms with Crippen molar-refractivity contribution in [3.63, 3.8) is 0 Å². The van der Waals surface area contributed by atoms with Gasteiger partial charge in [0.05, 0.1) is 32.0 Å². The zero-order valence-corrected chi connectivity index (χ0v) is 14.1. The van der Waals surface area contributed by atoms with E-state index in [0.29, 0.717) is 20.8 Å². The molecule has 0 aliphatic rings. The molecule has 0 saturated heterocycles. The highest BCUT2D eigenvalue weighted by Gasteiger charge is 2.15. The van der Waals surface area contributed by atoms with Crippen LogP contribution in [0.2, 0.25) is 15.1 Å². The van der Waals surface area contributed by atoms with Gasteiger partial charge >= 0.3 is 0 Å². The predicted octanol–water partition coefficient (Wildman–Crippen LogP) is 6.43. The molecule has 1 N–H and O–H groups in total. The zero-order chi connectivity index (χ0) is 15.0. The Morgan fingerprint density at radius 2 is 1.76 bits per heavy atom. The van der Waals surface area contributed by atoms with E-state index >= 15 is 0 Å². The summed E-state index contributed by atoms with van der Waals surface area (Å²) in [5.41, 5.74) is 1.67. The molecule has 0 aliphatic carbocycles. The summed E-state index contributed by atoms with van der Waals surface area (Å²) in [5.74, 6) is 0. The standard InChI is InChI=1S/C15H11Cl3N2S/c1-8(15-20-12-4-2-3-5-13(12)21-15)19-14-10(17)6-9(16)7-11(14)18/h2-8,19H,1H3. The van der Waals surface area contributed by atoms with E-state index < -0.39 is 0 Å². The smallest absolute Gasteiger partial charge is 0.116 e. The lowest BCUT2D eigenvalue weighted by Crippen LogP contribution is -2.07. The van der Waals surface area contributed by atoms with Crippen molar-refractivity contribution in [3.8, 4) is 0 Å². The fraction of sp³-hybridized carbons (Fsp3) is 0.133. The highest BCUT2D eigenvalue weighted by atomic mass is 35.5. The summed E-state index contributed by atoms with van der Waals surface area (Å²) in [6, 6.07) is 11.4. The summed E-state index contributed by atoms with van der Waals surface area (Å²) >= 11 is 20.0. The van der Waals surface area contributed by atoms with Crippen LogP contribution in [0.5, 0.6) is 0 Å². The van der Waals surface area contributed by atoms with Crippen molar-refractivity contribution in [1.29, 1.82) is 0 Å². The van der Waals surface area contributed by atoms with E-state index in [4.69, 9.17) is 34.8 Å². The molecule has 2 nitrogen and oxygen atoms in total. The molecule has 0 aliphatic heterocycles. The van der Waals surface area contributed by atoms with Gasteiger partial charge < -0.3 is 5.32 Å². The highest BCUT2D eigenvalue weighted by Crippen LogP contribution is 2.37. The van der Waals surface area contributed by atoms with Gasteiger partial charge in [0.1, 0.15) is 5.01 Å². The second-order valence-corrected chi connectivity index (χ2v) is 6.94. The summed E-state index contributed by atoms with van der Waals surface area (Å²) in [6.45, 7) is 2.03. The predicted molar refractivity (Wildman–Crippen MR) is 93.1 cm³/mol. The topological polar surface area (TPSA) is 24.9 Å². The van der Waals surface area contributed by atoms with Crippen LogP contribution < -0.4 is 5.32 Å². The maximum absolute atomic E-state index is 6.20. The normalized spacial score (nSPS) is 12.6. The van der Waals surface area contributed by atoms with Crippen molar-refractivity contribution in [1.82, 2.24) is 4.98 Å². The SMILES string of the molecule is CC(Nc1c(Cl)cc(Cl)cc1Cl)c1nc2ccccc2s1. The largest absolute Gasteiger partial charge is 0.374 e. The monoisotopic (exact) mass is 356 g/mol. The summed E-state index contributed by atoms with van der Waals surface area (Å²) in [4.78, 5) is 4.63. The fourth-order valence-corrected chi connectivity index (χ4v) is 3.93. The third kappa shape index (κ3) is 3.11. The minimum atomic E-state index is -0.00132. The number of thiazole rings is 1. The second-order valence-electron chi connectivity index (χ2n) is 4.63. The van der Waals surface area contributed by atoms with Crippen LogP contribution >= 0.6 is 46.1 Å². The lowest BCUT2D eigenvalue weighted by molar-refractivity contribution is 0.874. The van der Waals surface area contributed by atoms with Crippen LogP contribution in [0.25, 0.3) is 10.2 Å². The summed E-state index contributed by atoms with van der Waals surface area (Å²) in [6.07, 6.45) is 0. The number of halogens is 3. The van der Waals surface area contributed by atoms with Gasteiger partial charge in [-0.25, -0.2) is 4.98 Å². The fourth-order valence-electron chi connectivity index (χ4n) is 2.03. The number of nitrogens with one attached hydrogen (secondary N) is 1. The number of benzene rings is 2. The van der Waals surface area contributed by atoms with Crippen molar-refractivity contribution >= 4 is 62.0 Å². The molecule has 2 aromatic carbocycles. The molecule has 108 valence electrons. The molecular formula is C15H11Cl3N2S. The molecule has 6 heteroatoms. The molecule has 1 atom stereocenters. The maximum atomic E-state index is 6.20. The van der Waals surface area contributed by atoms with E-state index in [1.807, 2.05) is 25.1 Å². The zero-order valence-electron chi connectivity index (χ0n) is 11.0. The van der Waals surface area contributed by atoms with Gasteiger partial charge in [-0.3, -0.25) is 0 Å². The molecule has 3 rings (SSSR count). The quantitative estimate of drug-likeness (QED) is 0.584. The number of hydrogen-bond acceptors (Lipinski definition) is 3. The lowest BCUT2D eigenvalue weighted by atomic mass is 10.2. The van der Waals surface area contributed by atoms with Gasteiger partial charge in [0.2, 0.25) is 0 Å². The molecule has 1 aromatic heterocycles. The molecule has 0 radical (unpaired) electrons. The van der Waals surface area contributed by atoms with Crippen LogP contribution in [0.15, 0.2) is 36.4 Å². The molecular weight excluding hydrogens is 347 g/mol. The maximum Gasteiger partial charge on any atom is 0.116 e. The Hall–Kier alpha value is -1.00. The van der Waals surface area contributed by atoms with Crippen molar-refractivity contribution in [2.75, 3.05) is 5.32 Å². The third-order valence-electron chi connectivity index (χ3n) is 3.05. The number of aromatic nitrogens is 1. The molecule has 0 amide bonds. The van der Waals surface area contributed by atoms with E-state index in [9.17, 15) is 0 Å². The van der Waals surface area contributed by atoms with E-state index in [1.165, 1.54) is 0 Å². The van der Waals surface area contributed by atoms with Crippen molar-refractivity contribution in [2.24, 2.45) is 0 Å². The first kappa shape index (κ1) is 14.9. The van der Waals surface area contributed by atoms with Crippen molar-refractivity contribution < 1.29 is 0 Å². The lowest BCUT2D eigenvalue weighted by Gasteiger charge is -2.15. The Labute approximate surface area is 141 Å². The Morgan fingerprint density at radius 3 is 2.43 bits per heavy atom. The molecule has 1 unspecified atom stereocenters. The first-order chi connectivity index (χ1) is 10.0. The van der Waals surface area contributed by atoms with E-state index in [0.717, 1.165) is 15.2 Å². The molecule has 0 saturated carbocycles. The van der Waals surface area contributed by atoms with Gasteiger partial charge in [-0.2, -0.15) is 0 Å². The Morgan fingerprint density at radius 1 is 1.10 bits per heavy atom. The Balaban J connectivity index is 1.91. The summed E-state index contributed by atoms with van der Waals surface area (Å²) < 4.78 is 1.16. The van der Waals surface area contributed by atoms with Gasteiger partial charge in [-0.05, 0) is 31.2 Å². The van der Waals surface area contributed by atoms with Gasteiger partial charge in [0, 0.05) is 5.02 Å². The van der Waals surface area contributed by atoms with Crippen molar-refractivity contribution in [2.45, 2.75) is 13.0 Å². The molecule has 3 aromatic rings. The van der Waals surface area contributed by atoms with E-state index in [2.05, 4.69) is 16.4 Å². The minimum absolute atomic E-state index is 0.00132. The van der Waals surface area contributed by atoms with Gasteiger partial charge in [0.25, 0.3) is 0 Å². The van der Waals surface area contributed by atoms with E-state index in [1.54, 1.807) is 23.5 Å². The average Bonchev–Trinajstić information content (AvgIpc) is 2.86. The third-order valence-corrected chi connectivity index (χ3v) is 5.08. The Kier molecular flexibility index (Phi) is 4.27. The van der Waals surface area contributed by atoms with Crippen LogP contribution in [-0.4, -0.2) is 4.98 Å². The van der Waals surface area contributed by atoms with Gasteiger partial charge in [-0.1, -0.05) is 46.9 Å². The molecule has 0 bridgehead atoms. The van der Waals surface area contributed by atoms with Crippen LogP contribution in [0.3, 0.4) is 0 Å². The number of rotatable bonds is 3. The number of fused-ring (bicyclic) bond motifs is 1. The van der Waals surface area contributed by atoms with Crippen LogP contribution in [-0.2, 0) is 0 Å². The number of hydrogen-bond donors (Lipinski definition) is 1. The first-order valence-corrected chi connectivity index (χ1v) is 8.26. The van der Waals surface area contributed by atoms with E-state index in [-0.39, 0.29) is 6.04 Å². The summed E-state index contributed by atoms with van der Waals surface area (Å²) in [7, 11) is 0. The molecule has 1 heterocycles. The number of anilines is 1. The minimum Gasteiger partial charge on any atom is -0.374 e.